The van der Waals surface area contributed by atoms with Crippen LogP contribution in [0.1, 0.15) is 17.3 Å². The number of benzene rings is 1. The summed E-state index contributed by atoms with van der Waals surface area (Å²) in [4.78, 5) is 24.3. The van der Waals surface area contributed by atoms with Gasteiger partial charge in [-0.2, -0.15) is 0 Å². The molecule has 1 atom stereocenters. The van der Waals surface area contributed by atoms with Crippen molar-refractivity contribution in [1.29, 1.82) is 0 Å². The zero-order valence-corrected chi connectivity index (χ0v) is 12.5. The zero-order valence-electron chi connectivity index (χ0n) is 11.7. The Balaban J connectivity index is 3.02. The van der Waals surface area contributed by atoms with E-state index >= 15 is 0 Å². The van der Waals surface area contributed by atoms with E-state index in [4.69, 9.17) is 5.11 Å². The second kappa shape index (κ2) is 7.25. The van der Waals surface area contributed by atoms with Crippen LogP contribution >= 0.6 is 11.8 Å². The minimum Gasteiger partial charge on any atom is -0.396 e. The summed E-state index contributed by atoms with van der Waals surface area (Å²) in [5.74, 6) is 0.370. The highest BCUT2D eigenvalue weighted by Gasteiger charge is 2.19. The highest BCUT2D eigenvalue weighted by atomic mass is 32.2. The van der Waals surface area contributed by atoms with Gasteiger partial charge in [-0.1, -0.05) is 6.92 Å². The van der Waals surface area contributed by atoms with E-state index in [1.165, 1.54) is 22.7 Å². The van der Waals surface area contributed by atoms with E-state index < -0.39 is 4.92 Å². The molecule has 0 bridgehead atoms. The molecule has 1 aromatic carbocycles. The van der Waals surface area contributed by atoms with Gasteiger partial charge in [0.15, 0.2) is 0 Å². The van der Waals surface area contributed by atoms with Crippen LogP contribution in [0.2, 0.25) is 0 Å². The molecule has 0 aromatic heterocycles. The van der Waals surface area contributed by atoms with Gasteiger partial charge in [-0.05, 0) is 18.1 Å². The Bertz CT molecular complexity index is 505. The lowest BCUT2D eigenvalue weighted by Crippen LogP contribution is -2.21. The molecule has 0 saturated carbocycles. The average molecular weight is 298 g/mol. The molecule has 0 heterocycles. The SMILES string of the molecule is CC(CO)CSc1ccc(C(=O)N(C)C)cc1[N+](=O)[O-]. The molecule has 0 aliphatic rings. The number of rotatable bonds is 6. The van der Waals surface area contributed by atoms with Crippen LogP contribution in [0.25, 0.3) is 0 Å². The first-order valence-electron chi connectivity index (χ1n) is 6.10. The maximum Gasteiger partial charge on any atom is 0.283 e. The predicted octanol–water partition coefficient (Wildman–Crippen LogP) is 2.02. The van der Waals surface area contributed by atoms with Crippen LogP contribution in [0.15, 0.2) is 23.1 Å². The predicted molar refractivity (Wildman–Crippen MR) is 78.1 cm³/mol. The summed E-state index contributed by atoms with van der Waals surface area (Å²) in [6.45, 7) is 1.90. The summed E-state index contributed by atoms with van der Waals surface area (Å²) in [5.41, 5.74) is 0.217. The molecule has 6 nitrogen and oxygen atoms in total. The molecule has 1 unspecified atom stereocenters. The molecule has 0 aliphatic carbocycles. The van der Waals surface area contributed by atoms with Crippen LogP contribution in [0.5, 0.6) is 0 Å². The fraction of sp³-hybridized carbons (Fsp3) is 0.462. The lowest BCUT2D eigenvalue weighted by Gasteiger charge is -2.11. The summed E-state index contributed by atoms with van der Waals surface area (Å²) in [6.07, 6.45) is 0. The van der Waals surface area contributed by atoms with Gasteiger partial charge in [-0.25, -0.2) is 0 Å². The highest BCUT2D eigenvalue weighted by Crippen LogP contribution is 2.31. The average Bonchev–Trinajstić information content (AvgIpc) is 2.43. The molecular formula is C13H18N2O4S. The number of nitro benzene ring substituents is 1. The van der Waals surface area contributed by atoms with E-state index in [9.17, 15) is 14.9 Å². The molecule has 1 N–H and O–H groups in total. The van der Waals surface area contributed by atoms with Gasteiger partial charge in [0, 0.05) is 38.1 Å². The van der Waals surface area contributed by atoms with Crippen LogP contribution in [0, 0.1) is 16.0 Å². The van der Waals surface area contributed by atoms with E-state index in [1.807, 2.05) is 6.92 Å². The molecule has 0 aliphatic heterocycles. The first-order valence-corrected chi connectivity index (χ1v) is 7.09. The highest BCUT2D eigenvalue weighted by molar-refractivity contribution is 7.99. The largest absolute Gasteiger partial charge is 0.396 e. The Hall–Kier alpha value is -1.60. The summed E-state index contributed by atoms with van der Waals surface area (Å²) in [5, 5.41) is 20.1. The quantitative estimate of drug-likeness (QED) is 0.493. The first kappa shape index (κ1) is 16.5. The van der Waals surface area contributed by atoms with Crippen LogP contribution in [0.4, 0.5) is 5.69 Å². The van der Waals surface area contributed by atoms with Crippen LogP contribution in [-0.2, 0) is 0 Å². The van der Waals surface area contributed by atoms with Crippen molar-refractivity contribution in [3.8, 4) is 0 Å². The van der Waals surface area contributed by atoms with E-state index in [0.29, 0.717) is 16.2 Å². The molecule has 110 valence electrons. The van der Waals surface area contributed by atoms with Crippen molar-refractivity contribution in [2.75, 3.05) is 26.5 Å². The third kappa shape index (κ3) is 4.21. The zero-order chi connectivity index (χ0) is 15.3. The number of thioether (sulfide) groups is 1. The Labute approximate surface area is 121 Å². The molecule has 1 aromatic rings. The smallest absolute Gasteiger partial charge is 0.283 e. The minimum absolute atomic E-state index is 0.0397. The maximum absolute atomic E-state index is 11.8. The van der Waals surface area contributed by atoms with Crippen molar-refractivity contribution in [2.45, 2.75) is 11.8 Å². The second-order valence-electron chi connectivity index (χ2n) is 4.74. The number of aliphatic hydroxyl groups excluding tert-OH is 1. The van der Waals surface area contributed by atoms with Crippen molar-refractivity contribution >= 4 is 23.4 Å². The molecular weight excluding hydrogens is 280 g/mol. The van der Waals surface area contributed by atoms with E-state index in [1.54, 1.807) is 26.2 Å². The molecule has 1 amide bonds. The van der Waals surface area contributed by atoms with Gasteiger partial charge >= 0.3 is 0 Å². The molecule has 0 saturated heterocycles. The Morgan fingerprint density at radius 3 is 2.65 bits per heavy atom. The third-order valence-electron chi connectivity index (χ3n) is 2.64. The lowest BCUT2D eigenvalue weighted by molar-refractivity contribution is -0.387. The van der Waals surface area contributed by atoms with Gasteiger partial charge in [-0.15, -0.1) is 11.8 Å². The molecule has 1 rings (SSSR count). The summed E-state index contributed by atoms with van der Waals surface area (Å²) in [6, 6.07) is 4.47. The minimum atomic E-state index is -0.488. The molecule has 0 fully saturated rings. The second-order valence-corrected chi connectivity index (χ2v) is 5.80. The van der Waals surface area contributed by atoms with Gasteiger partial charge in [0.05, 0.1) is 9.82 Å². The van der Waals surface area contributed by atoms with E-state index in [0.717, 1.165) is 0 Å². The number of carbonyl (C=O) groups is 1. The van der Waals surface area contributed by atoms with Gasteiger partial charge in [0.2, 0.25) is 0 Å². The molecule has 20 heavy (non-hydrogen) atoms. The number of carbonyl (C=O) groups excluding carboxylic acids is 1. The Kier molecular flexibility index (Phi) is 5.97. The maximum atomic E-state index is 11.8. The standard InChI is InChI=1S/C13H18N2O4S/c1-9(7-16)8-20-12-5-4-10(13(17)14(2)3)6-11(12)15(18)19/h4-6,9,16H,7-8H2,1-3H3. The summed E-state index contributed by atoms with van der Waals surface area (Å²) in [7, 11) is 3.19. The van der Waals surface area contributed by atoms with Crippen LogP contribution in [-0.4, -0.2) is 47.3 Å². The topological polar surface area (TPSA) is 83.7 Å². The molecule has 0 radical (unpaired) electrons. The fourth-order valence-corrected chi connectivity index (χ4v) is 2.47. The molecule has 0 spiro atoms. The Morgan fingerprint density at radius 2 is 2.15 bits per heavy atom. The van der Waals surface area contributed by atoms with Gasteiger partial charge < -0.3 is 10.0 Å². The number of nitrogens with zero attached hydrogens (tertiary/aromatic N) is 2. The van der Waals surface area contributed by atoms with Crippen LogP contribution < -0.4 is 0 Å². The monoisotopic (exact) mass is 298 g/mol. The van der Waals surface area contributed by atoms with Crippen molar-refractivity contribution in [1.82, 2.24) is 4.90 Å². The van der Waals surface area contributed by atoms with Gasteiger partial charge in [-0.3, -0.25) is 14.9 Å². The number of amides is 1. The van der Waals surface area contributed by atoms with E-state index in [-0.39, 0.29) is 24.1 Å². The van der Waals surface area contributed by atoms with Crippen molar-refractivity contribution in [2.24, 2.45) is 5.92 Å². The van der Waals surface area contributed by atoms with Gasteiger partial charge in [0.25, 0.3) is 11.6 Å². The fourth-order valence-electron chi connectivity index (χ4n) is 1.46. The first-order chi connectivity index (χ1) is 9.36. The lowest BCUT2D eigenvalue weighted by atomic mass is 10.2. The normalized spacial score (nSPS) is 12.0. The van der Waals surface area contributed by atoms with Crippen molar-refractivity contribution in [3.05, 3.63) is 33.9 Å². The van der Waals surface area contributed by atoms with Crippen molar-refractivity contribution < 1.29 is 14.8 Å². The number of hydrogen-bond acceptors (Lipinski definition) is 5. The number of nitro groups is 1. The van der Waals surface area contributed by atoms with Gasteiger partial charge in [0.1, 0.15) is 0 Å². The van der Waals surface area contributed by atoms with Crippen molar-refractivity contribution in [3.63, 3.8) is 0 Å². The number of aliphatic hydroxyl groups is 1. The third-order valence-corrected chi connectivity index (χ3v) is 4.04. The summed E-state index contributed by atoms with van der Waals surface area (Å²) < 4.78 is 0. The van der Waals surface area contributed by atoms with E-state index in [2.05, 4.69) is 0 Å². The number of hydrogen-bond donors (Lipinski definition) is 1. The van der Waals surface area contributed by atoms with Crippen LogP contribution in [0.3, 0.4) is 0 Å². The molecule has 7 heteroatoms. The summed E-state index contributed by atoms with van der Waals surface area (Å²) >= 11 is 1.31. The Morgan fingerprint density at radius 1 is 1.50 bits per heavy atom.